The van der Waals surface area contributed by atoms with E-state index in [4.69, 9.17) is 15.3 Å². The first-order valence-electron chi connectivity index (χ1n) is 5.64. The van der Waals surface area contributed by atoms with E-state index in [9.17, 15) is 4.79 Å². The van der Waals surface area contributed by atoms with Gasteiger partial charge in [0.25, 0.3) is 0 Å². The Morgan fingerprint density at radius 3 is 2.63 bits per heavy atom. The first-order chi connectivity index (χ1) is 9.18. The highest BCUT2D eigenvalue weighted by molar-refractivity contribution is 6.09. The van der Waals surface area contributed by atoms with Gasteiger partial charge in [-0.3, -0.25) is 4.98 Å². The number of benzene rings is 1. The number of pyridine rings is 1. The predicted molar refractivity (Wildman–Crippen MR) is 70.8 cm³/mol. The molecule has 2 aromatic heterocycles. The SMILES string of the molecule is Nc1ccnc2c(C(=O)O)oc(-c3ccccc3)c12. The van der Waals surface area contributed by atoms with E-state index in [1.54, 1.807) is 6.07 Å². The van der Waals surface area contributed by atoms with Gasteiger partial charge in [0, 0.05) is 17.4 Å². The maximum absolute atomic E-state index is 11.2. The lowest BCUT2D eigenvalue weighted by atomic mass is 10.1. The molecule has 5 heteroatoms. The van der Waals surface area contributed by atoms with Crippen LogP contribution in [-0.4, -0.2) is 16.1 Å². The number of carboxylic acids is 1. The van der Waals surface area contributed by atoms with Gasteiger partial charge in [-0.05, 0) is 6.07 Å². The molecule has 0 atom stereocenters. The molecule has 3 N–H and O–H groups in total. The average Bonchev–Trinajstić information content (AvgIpc) is 2.81. The maximum Gasteiger partial charge on any atom is 0.374 e. The monoisotopic (exact) mass is 254 g/mol. The molecule has 3 rings (SSSR count). The number of aromatic carboxylic acids is 1. The van der Waals surface area contributed by atoms with Crippen molar-refractivity contribution in [3.05, 3.63) is 48.4 Å². The summed E-state index contributed by atoms with van der Waals surface area (Å²) in [6.45, 7) is 0. The molecule has 2 heterocycles. The zero-order valence-electron chi connectivity index (χ0n) is 9.83. The second-order valence-corrected chi connectivity index (χ2v) is 4.06. The lowest BCUT2D eigenvalue weighted by molar-refractivity contribution is 0.0666. The highest BCUT2D eigenvalue weighted by Crippen LogP contribution is 2.35. The van der Waals surface area contributed by atoms with Crippen LogP contribution in [0.25, 0.3) is 22.2 Å². The zero-order valence-corrected chi connectivity index (χ0v) is 9.83. The van der Waals surface area contributed by atoms with Crippen LogP contribution < -0.4 is 5.73 Å². The summed E-state index contributed by atoms with van der Waals surface area (Å²) in [5, 5.41) is 9.69. The second kappa shape index (κ2) is 4.13. The molecule has 0 fully saturated rings. The van der Waals surface area contributed by atoms with Crippen molar-refractivity contribution in [3.8, 4) is 11.3 Å². The molecule has 0 spiro atoms. The van der Waals surface area contributed by atoms with Crippen LogP contribution >= 0.6 is 0 Å². The van der Waals surface area contributed by atoms with Crippen LogP contribution in [0.1, 0.15) is 10.6 Å². The van der Waals surface area contributed by atoms with E-state index in [0.29, 0.717) is 16.8 Å². The molecule has 3 aromatic rings. The van der Waals surface area contributed by atoms with Gasteiger partial charge in [0.05, 0.1) is 5.39 Å². The Morgan fingerprint density at radius 2 is 1.95 bits per heavy atom. The molecule has 5 nitrogen and oxygen atoms in total. The van der Waals surface area contributed by atoms with E-state index in [1.165, 1.54) is 6.20 Å². The van der Waals surface area contributed by atoms with E-state index in [0.717, 1.165) is 5.56 Å². The molecule has 0 aliphatic rings. The normalized spacial score (nSPS) is 10.7. The number of furan rings is 1. The summed E-state index contributed by atoms with van der Waals surface area (Å²) >= 11 is 0. The molecule has 0 saturated carbocycles. The van der Waals surface area contributed by atoms with Crippen LogP contribution in [0.2, 0.25) is 0 Å². The molecule has 0 amide bonds. The van der Waals surface area contributed by atoms with Crippen LogP contribution in [0.5, 0.6) is 0 Å². The van der Waals surface area contributed by atoms with Crippen molar-refractivity contribution in [1.29, 1.82) is 0 Å². The Morgan fingerprint density at radius 1 is 1.21 bits per heavy atom. The van der Waals surface area contributed by atoms with Crippen molar-refractivity contribution < 1.29 is 14.3 Å². The number of hydrogen-bond donors (Lipinski definition) is 2. The summed E-state index contributed by atoms with van der Waals surface area (Å²) < 4.78 is 5.45. The third kappa shape index (κ3) is 1.72. The number of fused-ring (bicyclic) bond motifs is 1. The van der Waals surface area contributed by atoms with Crippen molar-refractivity contribution in [1.82, 2.24) is 4.98 Å². The minimum atomic E-state index is -1.16. The van der Waals surface area contributed by atoms with E-state index in [2.05, 4.69) is 4.98 Å². The first kappa shape index (κ1) is 11.3. The largest absolute Gasteiger partial charge is 0.475 e. The summed E-state index contributed by atoms with van der Waals surface area (Å²) in [6.07, 6.45) is 1.47. The van der Waals surface area contributed by atoms with Crippen LogP contribution in [-0.2, 0) is 0 Å². The summed E-state index contributed by atoms with van der Waals surface area (Å²) in [4.78, 5) is 15.3. The third-order valence-corrected chi connectivity index (χ3v) is 2.86. The predicted octanol–water partition coefficient (Wildman–Crippen LogP) is 2.78. The molecule has 0 unspecified atom stereocenters. The van der Waals surface area contributed by atoms with Crippen molar-refractivity contribution in [2.24, 2.45) is 0 Å². The van der Waals surface area contributed by atoms with Gasteiger partial charge in [-0.1, -0.05) is 30.3 Å². The molecule has 19 heavy (non-hydrogen) atoms. The number of carbonyl (C=O) groups is 1. The fourth-order valence-electron chi connectivity index (χ4n) is 2.03. The van der Waals surface area contributed by atoms with Crippen LogP contribution in [0.3, 0.4) is 0 Å². The van der Waals surface area contributed by atoms with Crippen molar-refractivity contribution in [2.45, 2.75) is 0 Å². The molecule has 94 valence electrons. The molecule has 0 radical (unpaired) electrons. The Hall–Kier alpha value is -2.82. The standard InChI is InChI=1S/C14H10N2O3/c15-9-6-7-16-11-10(9)12(19-13(11)14(17)18)8-4-2-1-3-5-8/h1-7H,15H2,(H,17,18). The van der Waals surface area contributed by atoms with Crippen molar-refractivity contribution >= 4 is 22.6 Å². The molecule has 1 aromatic carbocycles. The number of hydrogen-bond acceptors (Lipinski definition) is 4. The Bertz CT molecular complexity index is 763. The quantitative estimate of drug-likeness (QED) is 0.733. The fraction of sp³-hybridized carbons (Fsp3) is 0. The van der Waals surface area contributed by atoms with Gasteiger partial charge < -0.3 is 15.3 Å². The number of carboxylic acid groups (broad SMARTS) is 1. The molecular formula is C14H10N2O3. The topological polar surface area (TPSA) is 89.3 Å². The zero-order chi connectivity index (χ0) is 13.4. The van der Waals surface area contributed by atoms with E-state index < -0.39 is 5.97 Å². The van der Waals surface area contributed by atoms with Gasteiger partial charge in [-0.25, -0.2) is 4.79 Å². The third-order valence-electron chi connectivity index (χ3n) is 2.86. The molecule has 0 saturated heterocycles. The molecule has 0 aliphatic heterocycles. The Labute approximate surface area is 108 Å². The van der Waals surface area contributed by atoms with Crippen LogP contribution in [0.4, 0.5) is 5.69 Å². The summed E-state index contributed by atoms with van der Waals surface area (Å²) in [5.74, 6) is -0.926. The minimum Gasteiger partial charge on any atom is -0.475 e. The smallest absolute Gasteiger partial charge is 0.374 e. The highest BCUT2D eigenvalue weighted by atomic mass is 16.4. The number of aromatic nitrogens is 1. The van der Waals surface area contributed by atoms with E-state index >= 15 is 0 Å². The number of nitrogen functional groups attached to an aromatic ring is 1. The van der Waals surface area contributed by atoms with Crippen LogP contribution in [0, 0.1) is 0 Å². The number of rotatable bonds is 2. The van der Waals surface area contributed by atoms with Crippen molar-refractivity contribution in [3.63, 3.8) is 0 Å². The summed E-state index contributed by atoms with van der Waals surface area (Å²) in [7, 11) is 0. The second-order valence-electron chi connectivity index (χ2n) is 4.06. The maximum atomic E-state index is 11.2. The Kier molecular flexibility index (Phi) is 2.45. The van der Waals surface area contributed by atoms with Gasteiger partial charge >= 0.3 is 5.97 Å². The summed E-state index contributed by atoms with van der Waals surface area (Å²) in [6, 6.07) is 10.8. The van der Waals surface area contributed by atoms with E-state index in [1.807, 2.05) is 30.3 Å². The highest BCUT2D eigenvalue weighted by Gasteiger charge is 2.22. The van der Waals surface area contributed by atoms with Gasteiger partial charge in [-0.15, -0.1) is 0 Å². The van der Waals surface area contributed by atoms with Gasteiger partial charge in [0.2, 0.25) is 5.76 Å². The van der Waals surface area contributed by atoms with Gasteiger partial charge in [0.1, 0.15) is 11.3 Å². The van der Waals surface area contributed by atoms with Gasteiger partial charge in [-0.2, -0.15) is 0 Å². The fourth-order valence-corrected chi connectivity index (χ4v) is 2.03. The first-order valence-corrected chi connectivity index (χ1v) is 5.64. The minimum absolute atomic E-state index is 0.193. The van der Waals surface area contributed by atoms with Crippen LogP contribution in [0.15, 0.2) is 47.0 Å². The number of anilines is 1. The summed E-state index contributed by atoms with van der Waals surface area (Å²) in [5.41, 5.74) is 7.39. The lowest BCUT2D eigenvalue weighted by Crippen LogP contribution is -1.95. The average molecular weight is 254 g/mol. The van der Waals surface area contributed by atoms with Crippen molar-refractivity contribution in [2.75, 3.05) is 5.73 Å². The van der Waals surface area contributed by atoms with Gasteiger partial charge in [0.15, 0.2) is 0 Å². The molecular weight excluding hydrogens is 244 g/mol. The lowest BCUT2D eigenvalue weighted by Gasteiger charge is -1.99. The number of nitrogens with two attached hydrogens (primary N) is 1. The molecule has 0 aliphatic carbocycles. The number of nitrogens with zero attached hydrogens (tertiary/aromatic N) is 1. The Balaban J connectivity index is 2.40. The van der Waals surface area contributed by atoms with E-state index in [-0.39, 0.29) is 11.3 Å². The molecule has 0 bridgehead atoms.